The Morgan fingerprint density at radius 3 is 2.78 bits per heavy atom. The molecule has 1 heterocycles. The molecule has 0 atom stereocenters. The first-order chi connectivity index (χ1) is 8.51. The number of nitrogen functional groups attached to an aromatic ring is 1. The molecule has 0 spiro atoms. The van der Waals surface area contributed by atoms with Gasteiger partial charge < -0.3 is 10.5 Å². The van der Waals surface area contributed by atoms with E-state index < -0.39 is 12.4 Å². The van der Waals surface area contributed by atoms with Crippen molar-refractivity contribution in [1.29, 1.82) is 0 Å². The SMILES string of the molecule is CCOC(=O)Cc1ncc(CBr)c(C(F)F)c1N. The zero-order chi connectivity index (χ0) is 13.7. The highest BCUT2D eigenvalue weighted by atomic mass is 79.9. The summed E-state index contributed by atoms with van der Waals surface area (Å²) >= 11 is 3.09. The molecule has 100 valence electrons. The Balaban J connectivity index is 3.08. The van der Waals surface area contributed by atoms with E-state index in [1.165, 1.54) is 6.20 Å². The second-order valence-electron chi connectivity index (χ2n) is 3.47. The minimum atomic E-state index is -2.71. The van der Waals surface area contributed by atoms with Crippen LogP contribution in [0.1, 0.15) is 30.2 Å². The van der Waals surface area contributed by atoms with Gasteiger partial charge in [0.15, 0.2) is 0 Å². The maximum atomic E-state index is 12.9. The van der Waals surface area contributed by atoms with Gasteiger partial charge in [0.25, 0.3) is 6.43 Å². The largest absolute Gasteiger partial charge is 0.466 e. The van der Waals surface area contributed by atoms with Gasteiger partial charge in [0.05, 0.1) is 24.4 Å². The Bertz CT molecular complexity index is 441. The Morgan fingerprint density at radius 1 is 1.61 bits per heavy atom. The summed E-state index contributed by atoms with van der Waals surface area (Å²) in [5.41, 5.74) is 5.65. The van der Waals surface area contributed by atoms with E-state index in [4.69, 9.17) is 10.5 Å². The Hall–Kier alpha value is -1.24. The minimum Gasteiger partial charge on any atom is -0.466 e. The Kier molecular flexibility index (Phi) is 5.46. The number of hydrogen-bond donors (Lipinski definition) is 1. The van der Waals surface area contributed by atoms with Crippen LogP contribution in [-0.4, -0.2) is 17.6 Å². The molecule has 0 aliphatic heterocycles. The molecule has 7 heteroatoms. The molecule has 0 aliphatic rings. The van der Waals surface area contributed by atoms with Crippen LogP contribution in [0.2, 0.25) is 0 Å². The van der Waals surface area contributed by atoms with Gasteiger partial charge in [-0.2, -0.15) is 0 Å². The van der Waals surface area contributed by atoms with Crippen molar-refractivity contribution in [3.63, 3.8) is 0 Å². The van der Waals surface area contributed by atoms with Crippen LogP contribution in [-0.2, 0) is 21.3 Å². The van der Waals surface area contributed by atoms with Crippen molar-refractivity contribution in [2.75, 3.05) is 12.3 Å². The van der Waals surface area contributed by atoms with E-state index in [0.717, 1.165) is 0 Å². The number of alkyl halides is 3. The molecule has 0 saturated carbocycles. The summed E-state index contributed by atoms with van der Waals surface area (Å²) in [6.45, 7) is 1.88. The van der Waals surface area contributed by atoms with Gasteiger partial charge in [-0.1, -0.05) is 15.9 Å². The average molecular weight is 323 g/mol. The number of esters is 1. The van der Waals surface area contributed by atoms with Crippen molar-refractivity contribution in [3.05, 3.63) is 23.0 Å². The molecule has 1 rings (SSSR count). The number of pyridine rings is 1. The molecule has 1 aromatic heterocycles. The van der Waals surface area contributed by atoms with Crippen molar-refractivity contribution in [2.45, 2.75) is 25.1 Å². The fourth-order valence-electron chi connectivity index (χ4n) is 1.48. The standard InChI is InChI=1S/C11H13BrF2N2O2/c1-2-18-8(17)3-7-10(15)9(11(13)14)6(4-12)5-16-7/h5,11H,2-4,15H2,1H3. The van der Waals surface area contributed by atoms with Crippen molar-refractivity contribution < 1.29 is 18.3 Å². The first kappa shape index (κ1) is 14.8. The Labute approximate surface area is 112 Å². The number of aromatic nitrogens is 1. The van der Waals surface area contributed by atoms with Gasteiger partial charge in [-0.3, -0.25) is 9.78 Å². The van der Waals surface area contributed by atoms with Gasteiger partial charge in [-0.05, 0) is 12.5 Å². The summed E-state index contributed by atoms with van der Waals surface area (Å²) in [5, 5.41) is 0.226. The van der Waals surface area contributed by atoms with E-state index in [0.29, 0.717) is 5.56 Å². The molecule has 1 aromatic rings. The molecule has 2 N–H and O–H groups in total. The fourth-order valence-corrected chi connectivity index (χ4v) is 1.92. The lowest BCUT2D eigenvalue weighted by atomic mass is 10.1. The summed E-state index contributed by atoms with van der Waals surface area (Å²) in [6.07, 6.45) is -1.62. The molecular formula is C11H13BrF2N2O2. The van der Waals surface area contributed by atoms with Crippen LogP contribution >= 0.6 is 15.9 Å². The predicted molar refractivity (Wildman–Crippen MR) is 66.6 cm³/mol. The quantitative estimate of drug-likeness (QED) is 0.668. The first-order valence-electron chi connectivity index (χ1n) is 5.27. The number of ether oxygens (including phenoxy) is 1. The molecule has 0 aromatic carbocycles. The predicted octanol–water partition coefficient (Wildman–Crippen LogP) is 2.60. The van der Waals surface area contributed by atoms with Crippen LogP contribution in [0.3, 0.4) is 0 Å². The average Bonchev–Trinajstić information content (AvgIpc) is 2.31. The molecule has 18 heavy (non-hydrogen) atoms. The molecule has 0 saturated heterocycles. The van der Waals surface area contributed by atoms with E-state index in [9.17, 15) is 13.6 Å². The summed E-state index contributed by atoms with van der Waals surface area (Å²) in [7, 11) is 0. The molecule has 4 nitrogen and oxygen atoms in total. The maximum absolute atomic E-state index is 12.9. The number of carbonyl (C=O) groups is 1. The third-order valence-corrected chi connectivity index (χ3v) is 2.91. The highest BCUT2D eigenvalue weighted by molar-refractivity contribution is 9.08. The van der Waals surface area contributed by atoms with Gasteiger partial charge in [0.2, 0.25) is 0 Å². The lowest BCUT2D eigenvalue weighted by Gasteiger charge is -2.13. The number of hydrogen-bond acceptors (Lipinski definition) is 4. The third kappa shape index (κ3) is 3.38. The van der Waals surface area contributed by atoms with Crippen LogP contribution < -0.4 is 5.73 Å². The van der Waals surface area contributed by atoms with Gasteiger partial charge in [0.1, 0.15) is 0 Å². The van der Waals surface area contributed by atoms with E-state index in [-0.39, 0.29) is 35.3 Å². The lowest BCUT2D eigenvalue weighted by Crippen LogP contribution is -2.13. The second kappa shape index (κ2) is 6.63. The third-order valence-electron chi connectivity index (χ3n) is 2.30. The zero-order valence-electron chi connectivity index (χ0n) is 9.75. The lowest BCUT2D eigenvalue weighted by molar-refractivity contribution is -0.142. The second-order valence-corrected chi connectivity index (χ2v) is 4.03. The van der Waals surface area contributed by atoms with E-state index in [2.05, 4.69) is 20.9 Å². The summed E-state index contributed by atoms with van der Waals surface area (Å²) in [6, 6.07) is 0. The van der Waals surface area contributed by atoms with E-state index >= 15 is 0 Å². The van der Waals surface area contributed by atoms with Crippen molar-refractivity contribution in [1.82, 2.24) is 4.98 Å². The first-order valence-corrected chi connectivity index (χ1v) is 6.39. The summed E-state index contributed by atoms with van der Waals surface area (Å²) in [5.74, 6) is -0.538. The van der Waals surface area contributed by atoms with Crippen molar-refractivity contribution >= 4 is 27.6 Å². The number of halogens is 3. The highest BCUT2D eigenvalue weighted by Gasteiger charge is 2.21. The van der Waals surface area contributed by atoms with Crippen LogP contribution in [0.25, 0.3) is 0 Å². The van der Waals surface area contributed by atoms with Crippen LogP contribution in [0.5, 0.6) is 0 Å². The van der Waals surface area contributed by atoms with E-state index in [1.807, 2.05) is 0 Å². The molecular weight excluding hydrogens is 310 g/mol. The number of anilines is 1. The normalized spacial score (nSPS) is 10.7. The van der Waals surface area contributed by atoms with Crippen LogP contribution in [0, 0.1) is 0 Å². The van der Waals surface area contributed by atoms with Crippen LogP contribution in [0.15, 0.2) is 6.20 Å². The monoisotopic (exact) mass is 322 g/mol. The van der Waals surface area contributed by atoms with Crippen LogP contribution in [0.4, 0.5) is 14.5 Å². The van der Waals surface area contributed by atoms with Crippen molar-refractivity contribution in [3.8, 4) is 0 Å². The van der Waals surface area contributed by atoms with Gasteiger partial charge in [-0.15, -0.1) is 0 Å². The summed E-state index contributed by atoms with van der Waals surface area (Å²) < 4.78 is 30.5. The van der Waals surface area contributed by atoms with Gasteiger partial charge >= 0.3 is 5.97 Å². The number of nitrogens with two attached hydrogens (primary N) is 1. The topological polar surface area (TPSA) is 65.2 Å². The molecule has 0 amide bonds. The minimum absolute atomic E-state index is 0.119. The number of nitrogens with zero attached hydrogens (tertiary/aromatic N) is 1. The highest BCUT2D eigenvalue weighted by Crippen LogP contribution is 2.31. The molecule has 0 bridgehead atoms. The van der Waals surface area contributed by atoms with Gasteiger partial charge in [-0.25, -0.2) is 8.78 Å². The molecule has 0 fully saturated rings. The Morgan fingerprint density at radius 2 is 2.28 bits per heavy atom. The molecule has 0 unspecified atom stereocenters. The maximum Gasteiger partial charge on any atom is 0.311 e. The van der Waals surface area contributed by atoms with Crippen molar-refractivity contribution in [2.24, 2.45) is 0 Å². The number of carbonyl (C=O) groups excluding carboxylic acids is 1. The zero-order valence-corrected chi connectivity index (χ0v) is 11.3. The fraction of sp³-hybridized carbons (Fsp3) is 0.455. The number of rotatable bonds is 5. The molecule has 0 aliphatic carbocycles. The van der Waals surface area contributed by atoms with Gasteiger partial charge in [0, 0.05) is 17.1 Å². The summed E-state index contributed by atoms with van der Waals surface area (Å²) in [4.78, 5) is 15.2. The molecule has 0 radical (unpaired) electrons. The van der Waals surface area contributed by atoms with E-state index in [1.54, 1.807) is 6.92 Å². The smallest absolute Gasteiger partial charge is 0.311 e.